The number of hydrogen-bond donors (Lipinski definition) is 0. The Labute approximate surface area is 453 Å². The topological polar surface area (TPSA) is 128 Å². The van der Waals surface area contributed by atoms with Crippen LogP contribution in [-0.2, 0) is 0 Å². The summed E-state index contributed by atoms with van der Waals surface area (Å²) in [6.07, 6.45) is 0. The third-order valence-electron chi connectivity index (χ3n) is 15.9. The first-order valence-electron chi connectivity index (χ1n) is 25.8. The largest absolute Gasteiger partial charge is 0.305 e. The summed E-state index contributed by atoms with van der Waals surface area (Å²) in [5.74, 6) is 1.17. The van der Waals surface area contributed by atoms with Crippen molar-refractivity contribution in [1.82, 2.24) is 23.3 Å². The number of fused-ring (bicyclic) bond motifs is 15. The zero-order chi connectivity index (χ0) is 52.6. The molecule has 16 aromatic rings. The fourth-order valence-electron chi connectivity index (χ4n) is 12.6. The standard InChI is InChI=1S/C69H35N9S/c70-36-40-24-28-58-50(32-40)51-33-41(37-71)25-29-59(51)77(58)68-66(75-54-18-6-1-12-44(54)45-13-2-7-19-55(45)75)65(49-17-11-23-63-64(49)48-16-5-10-22-62(48)79-63)67(76-56-20-8-3-14-46(56)47-15-4-9-21-57(47)76)69(74-68)78-60-30-26-42(38-72)34-52(60)53-35-43(39-73)27-31-61(53)78/h1-35H. The Kier molecular flexibility index (Phi) is 9.27. The molecular weight excluding hydrogens is 987 g/mol. The summed E-state index contributed by atoms with van der Waals surface area (Å²) >= 11 is 1.77. The molecule has 9 nitrogen and oxygen atoms in total. The van der Waals surface area contributed by atoms with Gasteiger partial charge in [0.1, 0.15) is 11.4 Å². The molecule has 0 N–H and O–H groups in total. The first-order chi connectivity index (χ1) is 39.0. The highest BCUT2D eigenvalue weighted by atomic mass is 32.1. The van der Waals surface area contributed by atoms with Crippen LogP contribution in [0.1, 0.15) is 22.3 Å². The van der Waals surface area contributed by atoms with E-state index in [-0.39, 0.29) is 0 Å². The molecule has 10 aromatic carbocycles. The first-order valence-corrected chi connectivity index (χ1v) is 26.6. The van der Waals surface area contributed by atoms with Crippen LogP contribution in [0.4, 0.5) is 0 Å². The maximum atomic E-state index is 10.5. The van der Waals surface area contributed by atoms with E-state index in [0.29, 0.717) is 33.9 Å². The van der Waals surface area contributed by atoms with Crippen LogP contribution in [0, 0.1) is 45.3 Å². The number of para-hydroxylation sites is 4. The summed E-state index contributed by atoms with van der Waals surface area (Å²) in [6.45, 7) is 0. The molecule has 0 saturated carbocycles. The fraction of sp³-hybridized carbons (Fsp3) is 0. The van der Waals surface area contributed by atoms with Gasteiger partial charge in [-0.3, -0.25) is 9.13 Å². The molecule has 0 aliphatic carbocycles. The molecule has 6 aromatic heterocycles. The van der Waals surface area contributed by atoms with E-state index in [2.05, 4.69) is 182 Å². The van der Waals surface area contributed by atoms with Crippen molar-refractivity contribution >= 4 is 119 Å². The smallest absolute Gasteiger partial charge is 0.165 e. The number of nitrogens with zero attached hydrogens (tertiary/aromatic N) is 9. The average molecular weight is 1020 g/mol. The number of aromatic nitrogens is 5. The molecule has 10 heteroatoms. The van der Waals surface area contributed by atoms with Crippen molar-refractivity contribution in [3.63, 3.8) is 0 Å². The van der Waals surface area contributed by atoms with Crippen molar-refractivity contribution in [3.8, 4) is 58.4 Å². The highest BCUT2D eigenvalue weighted by molar-refractivity contribution is 7.26. The Morgan fingerprint density at radius 1 is 0.304 bits per heavy atom. The quantitative estimate of drug-likeness (QED) is 0.170. The van der Waals surface area contributed by atoms with E-state index >= 15 is 0 Å². The molecule has 0 aliphatic heterocycles. The van der Waals surface area contributed by atoms with Crippen molar-refractivity contribution in [2.24, 2.45) is 0 Å². The SMILES string of the molecule is N#Cc1ccc2c(c1)c1cc(C#N)ccc1n2-c1nc(-n2c3ccc(C#N)cc3c3cc(C#N)ccc32)c(-n2c3ccccc3c3ccccc32)c(-c2cccc3sc4ccccc4c23)c1-n1c2ccccc2c2ccccc21. The molecule has 0 atom stereocenters. The van der Waals surface area contributed by atoms with Crippen LogP contribution >= 0.6 is 11.3 Å². The second kappa shape index (κ2) is 16.6. The van der Waals surface area contributed by atoms with Crippen LogP contribution in [0.25, 0.3) is 142 Å². The Hall–Kier alpha value is -11.3. The van der Waals surface area contributed by atoms with Gasteiger partial charge in [0.2, 0.25) is 0 Å². The fourth-order valence-corrected chi connectivity index (χ4v) is 13.8. The molecule has 0 unspecified atom stereocenters. The predicted octanol–water partition coefficient (Wildman–Crippen LogP) is 17.0. The van der Waals surface area contributed by atoms with Crippen molar-refractivity contribution in [3.05, 3.63) is 235 Å². The molecule has 79 heavy (non-hydrogen) atoms. The van der Waals surface area contributed by atoms with Crippen LogP contribution in [0.3, 0.4) is 0 Å². The molecule has 6 heterocycles. The molecule has 0 spiro atoms. The average Bonchev–Trinajstić information content (AvgIpc) is 4.52. The van der Waals surface area contributed by atoms with Crippen LogP contribution < -0.4 is 0 Å². The second-order valence-electron chi connectivity index (χ2n) is 19.9. The van der Waals surface area contributed by atoms with Gasteiger partial charge in [0, 0.05) is 68.8 Å². The van der Waals surface area contributed by atoms with Gasteiger partial charge < -0.3 is 9.13 Å². The zero-order valence-electron chi connectivity index (χ0n) is 41.6. The van der Waals surface area contributed by atoms with Crippen molar-refractivity contribution in [1.29, 1.82) is 21.0 Å². The van der Waals surface area contributed by atoms with Gasteiger partial charge in [0.25, 0.3) is 0 Å². The maximum absolute atomic E-state index is 10.5. The minimum atomic E-state index is 0.488. The van der Waals surface area contributed by atoms with E-state index in [1.807, 2.05) is 72.8 Å². The first kappa shape index (κ1) is 44.1. The van der Waals surface area contributed by atoms with Crippen LogP contribution in [0.15, 0.2) is 212 Å². The monoisotopic (exact) mass is 1020 g/mol. The molecule has 0 aliphatic rings. The number of pyridine rings is 1. The number of thiophene rings is 1. The van der Waals surface area contributed by atoms with Gasteiger partial charge >= 0.3 is 0 Å². The molecule has 0 fully saturated rings. The maximum Gasteiger partial charge on any atom is 0.165 e. The van der Waals surface area contributed by atoms with Gasteiger partial charge in [0.15, 0.2) is 11.6 Å². The van der Waals surface area contributed by atoms with Crippen LogP contribution in [-0.4, -0.2) is 23.3 Å². The van der Waals surface area contributed by atoms with Gasteiger partial charge in [-0.05, 0) is 115 Å². The lowest BCUT2D eigenvalue weighted by molar-refractivity contribution is 0.961. The number of hydrogen-bond acceptors (Lipinski definition) is 6. The summed E-state index contributed by atoms with van der Waals surface area (Å²) in [4.78, 5) is 6.31. The Balaban J connectivity index is 1.26. The summed E-state index contributed by atoms with van der Waals surface area (Å²) in [7, 11) is 0. The van der Waals surface area contributed by atoms with Crippen molar-refractivity contribution < 1.29 is 0 Å². The van der Waals surface area contributed by atoms with E-state index in [1.54, 1.807) is 11.3 Å². The highest BCUT2D eigenvalue weighted by Gasteiger charge is 2.34. The molecule has 0 radical (unpaired) electrons. The Bertz CT molecular complexity index is 5040. The van der Waals surface area contributed by atoms with Crippen LogP contribution in [0.5, 0.6) is 0 Å². The van der Waals surface area contributed by atoms with E-state index in [4.69, 9.17) is 4.98 Å². The highest BCUT2D eigenvalue weighted by Crippen LogP contribution is 2.52. The molecule has 0 saturated heterocycles. The van der Waals surface area contributed by atoms with Crippen molar-refractivity contribution in [2.45, 2.75) is 0 Å². The Morgan fingerprint density at radius 3 is 1.01 bits per heavy atom. The summed E-state index contributed by atoms with van der Waals surface area (Å²) < 4.78 is 11.5. The molecule has 16 rings (SSSR count). The van der Waals surface area contributed by atoms with E-state index in [9.17, 15) is 21.0 Å². The molecular formula is C69H35N9S. The normalized spacial score (nSPS) is 11.7. The van der Waals surface area contributed by atoms with Crippen LogP contribution in [0.2, 0.25) is 0 Å². The van der Waals surface area contributed by atoms with E-state index < -0.39 is 0 Å². The summed E-state index contributed by atoms with van der Waals surface area (Å²) in [5.41, 5.74) is 12.5. The molecule has 0 bridgehead atoms. The second-order valence-corrected chi connectivity index (χ2v) is 21.0. The minimum Gasteiger partial charge on any atom is -0.305 e. The van der Waals surface area contributed by atoms with Gasteiger partial charge in [-0.1, -0.05) is 103 Å². The summed E-state index contributed by atoms with van der Waals surface area (Å²) in [5, 5.41) is 51.5. The third-order valence-corrected chi connectivity index (χ3v) is 17.0. The van der Waals surface area contributed by atoms with Gasteiger partial charge in [-0.15, -0.1) is 11.3 Å². The zero-order valence-corrected chi connectivity index (χ0v) is 42.5. The number of benzene rings is 10. The van der Waals surface area contributed by atoms with E-state index in [1.165, 1.54) is 0 Å². The number of rotatable bonds is 5. The lowest BCUT2D eigenvalue weighted by Gasteiger charge is -2.27. The van der Waals surface area contributed by atoms with Gasteiger partial charge in [-0.25, -0.2) is 4.98 Å². The molecule has 0 amide bonds. The lowest BCUT2D eigenvalue weighted by atomic mass is 9.95. The van der Waals surface area contributed by atoms with Gasteiger partial charge in [0.05, 0.1) is 90.7 Å². The van der Waals surface area contributed by atoms with Gasteiger partial charge in [-0.2, -0.15) is 21.0 Å². The summed E-state index contributed by atoms with van der Waals surface area (Å²) in [6, 6.07) is 82.1. The predicted molar refractivity (Wildman–Crippen MR) is 319 cm³/mol. The van der Waals surface area contributed by atoms with E-state index in [0.717, 1.165) is 130 Å². The van der Waals surface area contributed by atoms with Crippen molar-refractivity contribution in [2.75, 3.05) is 0 Å². The third kappa shape index (κ3) is 6.12. The lowest BCUT2D eigenvalue weighted by Crippen LogP contribution is -2.16. The molecule has 362 valence electrons. The minimum absolute atomic E-state index is 0.488. The Morgan fingerprint density at radius 2 is 0.633 bits per heavy atom. The number of nitriles is 4.